The topological polar surface area (TPSA) is 58.6 Å². The van der Waals surface area contributed by atoms with Gasteiger partial charge in [0.25, 0.3) is 0 Å². The molecule has 0 fully saturated rings. The Morgan fingerprint density at radius 2 is 1.59 bits per heavy atom. The summed E-state index contributed by atoms with van der Waals surface area (Å²) in [5.41, 5.74) is 1.08. The number of amides is 2. The molecule has 0 atom stereocenters. The highest BCUT2D eigenvalue weighted by atomic mass is 19.1. The number of ether oxygens (including phenoxy) is 1. The van der Waals surface area contributed by atoms with E-state index < -0.39 is 0 Å². The summed E-state index contributed by atoms with van der Waals surface area (Å²) in [5.74, 6) is 0.319. The van der Waals surface area contributed by atoms with Gasteiger partial charge in [-0.2, -0.15) is 0 Å². The lowest BCUT2D eigenvalue weighted by Crippen LogP contribution is -2.32. The van der Waals surface area contributed by atoms with Crippen LogP contribution in [0.15, 0.2) is 78.9 Å². The normalized spacial score (nSPS) is 10.3. The van der Waals surface area contributed by atoms with E-state index in [0.29, 0.717) is 22.9 Å². The second-order valence-electron chi connectivity index (χ2n) is 6.36. The molecule has 3 aromatic carbocycles. The molecule has 29 heavy (non-hydrogen) atoms. The van der Waals surface area contributed by atoms with Gasteiger partial charge in [0, 0.05) is 25.6 Å². The number of nitrogens with one attached hydrogen (secondary N) is 1. The van der Waals surface area contributed by atoms with Crippen molar-refractivity contribution in [1.82, 2.24) is 0 Å². The first kappa shape index (κ1) is 20.1. The highest BCUT2D eigenvalue weighted by Crippen LogP contribution is 2.32. The van der Waals surface area contributed by atoms with Gasteiger partial charge >= 0.3 is 0 Å². The average molecular weight is 392 g/mol. The molecule has 3 aromatic rings. The fraction of sp³-hybridized carbons (Fsp3) is 0.130. The van der Waals surface area contributed by atoms with Crippen LogP contribution in [0.3, 0.4) is 0 Å². The first-order valence-electron chi connectivity index (χ1n) is 9.18. The molecular formula is C23H21FN2O3. The van der Waals surface area contributed by atoms with Gasteiger partial charge in [-0.1, -0.05) is 30.3 Å². The van der Waals surface area contributed by atoms with Crippen LogP contribution < -0.4 is 15.0 Å². The zero-order chi connectivity index (χ0) is 20.6. The van der Waals surface area contributed by atoms with E-state index in [1.165, 1.54) is 36.1 Å². The maximum atomic E-state index is 13.0. The molecule has 5 nitrogen and oxygen atoms in total. The molecule has 0 aliphatic carbocycles. The van der Waals surface area contributed by atoms with E-state index in [4.69, 9.17) is 4.74 Å². The van der Waals surface area contributed by atoms with Crippen LogP contribution in [0.25, 0.3) is 0 Å². The highest BCUT2D eigenvalue weighted by Gasteiger charge is 2.18. The van der Waals surface area contributed by atoms with Crippen molar-refractivity contribution in [2.45, 2.75) is 13.3 Å². The van der Waals surface area contributed by atoms with Crippen LogP contribution in [0.4, 0.5) is 15.8 Å². The molecule has 0 radical (unpaired) electrons. The second kappa shape index (κ2) is 9.50. The molecule has 0 spiro atoms. The van der Waals surface area contributed by atoms with E-state index in [2.05, 4.69) is 5.32 Å². The Morgan fingerprint density at radius 3 is 2.28 bits per heavy atom. The summed E-state index contributed by atoms with van der Waals surface area (Å²) in [6.45, 7) is 1.62. The largest absolute Gasteiger partial charge is 0.455 e. The molecule has 0 aliphatic heterocycles. The predicted octanol–water partition coefficient (Wildman–Crippen LogP) is 5.00. The van der Waals surface area contributed by atoms with Gasteiger partial charge < -0.3 is 15.0 Å². The molecule has 0 saturated carbocycles. The molecule has 1 N–H and O–H groups in total. The molecule has 6 heteroatoms. The highest BCUT2D eigenvalue weighted by molar-refractivity contribution is 5.95. The number of benzene rings is 3. The molecule has 148 valence electrons. The molecule has 0 bridgehead atoms. The maximum Gasteiger partial charge on any atom is 0.226 e. The second-order valence-corrected chi connectivity index (χ2v) is 6.36. The average Bonchev–Trinajstić information content (AvgIpc) is 2.71. The minimum absolute atomic E-state index is 0.0800. The number of anilines is 2. The van der Waals surface area contributed by atoms with Gasteiger partial charge in [-0.05, 0) is 48.5 Å². The van der Waals surface area contributed by atoms with Crippen molar-refractivity contribution in [2.75, 3.05) is 16.8 Å². The summed E-state index contributed by atoms with van der Waals surface area (Å²) in [6.07, 6.45) is 0.0800. The van der Waals surface area contributed by atoms with Crippen LogP contribution in [0.2, 0.25) is 0 Å². The number of carbonyl (C=O) groups excluding carboxylic acids is 2. The van der Waals surface area contributed by atoms with Crippen LogP contribution >= 0.6 is 0 Å². The summed E-state index contributed by atoms with van der Waals surface area (Å²) in [7, 11) is 0. The first-order valence-corrected chi connectivity index (χ1v) is 9.18. The SMILES string of the molecule is CC(=O)N(CCC(=O)Nc1ccc(F)cc1)c1ccccc1Oc1ccccc1. The van der Waals surface area contributed by atoms with Crippen molar-refractivity contribution in [3.63, 3.8) is 0 Å². The van der Waals surface area contributed by atoms with Gasteiger partial charge in [-0.3, -0.25) is 9.59 Å². The first-order chi connectivity index (χ1) is 14.0. The third-order valence-electron chi connectivity index (χ3n) is 4.20. The Kier molecular flexibility index (Phi) is 6.58. The van der Waals surface area contributed by atoms with E-state index in [9.17, 15) is 14.0 Å². The van der Waals surface area contributed by atoms with Crippen molar-refractivity contribution in [2.24, 2.45) is 0 Å². The Labute approximate surface area is 168 Å². The van der Waals surface area contributed by atoms with E-state index in [0.717, 1.165) is 0 Å². The summed E-state index contributed by atoms with van der Waals surface area (Å²) < 4.78 is 18.9. The predicted molar refractivity (Wildman–Crippen MR) is 111 cm³/mol. The Balaban J connectivity index is 1.70. The maximum absolute atomic E-state index is 13.0. The van der Waals surface area contributed by atoms with Crippen molar-refractivity contribution >= 4 is 23.2 Å². The van der Waals surface area contributed by atoms with Crippen molar-refractivity contribution in [1.29, 1.82) is 0 Å². The van der Waals surface area contributed by atoms with Crippen LogP contribution in [-0.2, 0) is 9.59 Å². The molecular weight excluding hydrogens is 371 g/mol. The molecule has 0 saturated heterocycles. The van der Waals surface area contributed by atoms with Gasteiger partial charge in [-0.15, -0.1) is 0 Å². The lowest BCUT2D eigenvalue weighted by atomic mass is 10.2. The minimum atomic E-state index is -0.374. The Hall–Kier alpha value is -3.67. The summed E-state index contributed by atoms with van der Waals surface area (Å²) in [4.78, 5) is 26.0. The van der Waals surface area contributed by atoms with Crippen LogP contribution in [-0.4, -0.2) is 18.4 Å². The molecule has 2 amide bonds. The molecule has 0 heterocycles. The van der Waals surface area contributed by atoms with Gasteiger partial charge in [0.15, 0.2) is 5.75 Å². The zero-order valence-electron chi connectivity index (χ0n) is 16.0. The van der Waals surface area contributed by atoms with Crippen LogP contribution in [0, 0.1) is 5.82 Å². The number of hydrogen-bond acceptors (Lipinski definition) is 3. The van der Waals surface area contributed by atoms with Gasteiger partial charge in [0.1, 0.15) is 11.6 Å². The summed E-state index contributed by atoms with van der Waals surface area (Å²) in [6, 6.07) is 22.0. The van der Waals surface area contributed by atoms with Gasteiger partial charge in [-0.25, -0.2) is 4.39 Å². The molecule has 0 aliphatic rings. The minimum Gasteiger partial charge on any atom is -0.455 e. The van der Waals surface area contributed by atoms with E-state index >= 15 is 0 Å². The lowest BCUT2D eigenvalue weighted by molar-refractivity contribution is -0.117. The fourth-order valence-corrected chi connectivity index (χ4v) is 2.80. The summed E-state index contributed by atoms with van der Waals surface area (Å²) in [5, 5.41) is 2.69. The van der Waals surface area contributed by atoms with Crippen LogP contribution in [0.5, 0.6) is 11.5 Å². The summed E-state index contributed by atoms with van der Waals surface area (Å²) >= 11 is 0. The molecule has 0 unspecified atom stereocenters. The van der Waals surface area contributed by atoms with E-state index in [1.54, 1.807) is 12.1 Å². The number of carbonyl (C=O) groups is 2. The van der Waals surface area contributed by atoms with Crippen molar-refractivity contribution in [3.8, 4) is 11.5 Å². The van der Waals surface area contributed by atoms with Crippen molar-refractivity contribution in [3.05, 3.63) is 84.7 Å². The Morgan fingerprint density at radius 1 is 0.931 bits per heavy atom. The fourth-order valence-electron chi connectivity index (χ4n) is 2.80. The number of rotatable bonds is 7. The third-order valence-corrected chi connectivity index (χ3v) is 4.20. The number of nitrogens with zero attached hydrogens (tertiary/aromatic N) is 1. The number of halogens is 1. The molecule has 3 rings (SSSR count). The van der Waals surface area contributed by atoms with Gasteiger partial charge in [0.2, 0.25) is 11.8 Å². The van der Waals surface area contributed by atoms with Crippen molar-refractivity contribution < 1.29 is 18.7 Å². The monoisotopic (exact) mass is 392 g/mol. The molecule has 0 aromatic heterocycles. The number of para-hydroxylation sites is 3. The lowest BCUT2D eigenvalue weighted by Gasteiger charge is -2.23. The standard InChI is InChI=1S/C23H21FN2O3/c1-17(27)26(16-15-23(28)25-19-13-11-18(24)12-14-19)21-9-5-6-10-22(21)29-20-7-3-2-4-8-20/h2-14H,15-16H2,1H3,(H,25,28). The zero-order valence-corrected chi connectivity index (χ0v) is 16.0. The van der Waals surface area contributed by atoms with Gasteiger partial charge in [0.05, 0.1) is 5.69 Å². The third kappa shape index (κ3) is 5.65. The Bertz CT molecular complexity index is 975. The quantitative estimate of drug-likeness (QED) is 0.616. The smallest absolute Gasteiger partial charge is 0.226 e. The van der Waals surface area contributed by atoms with Crippen LogP contribution in [0.1, 0.15) is 13.3 Å². The van der Waals surface area contributed by atoms with E-state index in [-0.39, 0.29) is 30.6 Å². The van der Waals surface area contributed by atoms with E-state index in [1.807, 2.05) is 42.5 Å². The number of hydrogen-bond donors (Lipinski definition) is 1.